The molecule has 0 saturated heterocycles. The minimum Gasteiger partial charge on any atom is -0.382 e. The number of rotatable bonds is 16. The Labute approximate surface area is 114 Å². The molecule has 0 rings (SSSR count). The van der Waals surface area contributed by atoms with Gasteiger partial charge in [0.15, 0.2) is 0 Å². The Hall–Kier alpha value is -0.280. The quantitative estimate of drug-likeness (QED) is 0.307. The SMILES string of the molecule is COCCOCCOCCOCCOCCOCO. The largest absolute Gasteiger partial charge is 0.382 e. The van der Waals surface area contributed by atoms with E-state index in [1.54, 1.807) is 7.11 Å². The molecule has 0 aromatic rings. The fourth-order valence-corrected chi connectivity index (χ4v) is 1.09. The monoisotopic (exact) mass is 282 g/mol. The van der Waals surface area contributed by atoms with Gasteiger partial charge in [0.05, 0.1) is 66.1 Å². The summed E-state index contributed by atoms with van der Waals surface area (Å²) in [5.74, 6) is 0. The van der Waals surface area contributed by atoms with E-state index in [4.69, 9.17) is 33.5 Å². The molecule has 0 aliphatic carbocycles. The van der Waals surface area contributed by atoms with Gasteiger partial charge < -0.3 is 33.5 Å². The van der Waals surface area contributed by atoms with E-state index in [2.05, 4.69) is 0 Å². The van der Waals surface area contributed by atoms with Crippen molar-refractivity contribution in [3.63, 3.8) is 0 Å². The molecular weight excluding hydrogens is 256 g/mol. The Morgan fingerprint density at radius 3 is 1.16 bits per heavy atom. The van der Waals surface area contributed by atoms with E-state index in [1.165, 1.54) is 0 Å². The molecule has 0 radical (unpaired) electrons. The summed E-state index contributed by atoms with van der Waals surface area (Å²) in [7, 11) is 1.64. The number of aliphatic hydroxyl groups excluding tert-OH is 1. The maximum atomic E-state index is 8.34. The first-order valence-electron chi connectivity index (χ1n) is 6.40. The van der Waals surface area contributed by atoms with Crippen molar-refractivity contribution in [1.29, 1.82) is 0 Å². The Morgan fingerprint density at radius 2 is 0.842 bits per heavy atom. The lowest BCUT2D eigenvalue weighted by atomic mass is 10.7. The summed E-state index contributed by atoms with van der Waals surface area (Å²) in [6, 6.07) is 0. The molecule has 0 aliphatic rings. The predicted octanol–water partition coefficient (Wildman–Crippen LogP) is -0.334. The van der Waals surface area contributed by atoms with Crippen molar-refractivity contribution >= 4 is 0 Å². The van der Waals surface area contributed by atoms with Crippen LogP contribution < -0.4 is 0 Å². The highest BCUT2D eigenvalue weighted by molar-refractivity contribution is 4.35. The molecule has 19 heavy (non-hydrogen) atoms. The van der Waals surface area contributed by atoms with Gasteiger partial charge in [-0.3, -0.25) is 0 Å². The molecule has 0 bridgehead atoms. The predicted molar refractivity (Wildman–Crippen MR) is 68.2 cm³/mol. The second kappa shape index (κ2) is 17.7. The van der Waals surface area contributed by atoms with Crippen LogP contribution in [-0.2, 0) is 28.4 Å². The number of hydrogen-bond acceptors (Lipinski definition) is 7. The van der Waals surface area contributed by atoms with E-state index >= 15 is 0 Å². The summed E-state index contributed by atoms with van der Waals surface area (Å²) < 4.78 is 30.5. The Morgan fingerprint density at radius 1 is 0.526 bits per heavy atom. The molecule has 0 saturated carbocycles. The summed E-state index contributed by atoms with van der Waals surface area (Å²) in [4.78, 5) is 0. The van der Waals surface area contributed by atoms with Gasteiger partial charge in [-0.05, 0) is 0 Å². The molecule has 0 fully saturated rings. The van der Waals surface area contributed by atoms with Crippen molar-refractivity contribution in [2.24, 2.45) is 0 Å². The average Bonchev–Trinajstić information content (AvgIpc) is 2.43. The Kier molecular flexibility index (Phi) is 17.5. The van der Waals surface area contributed by atoms with E-state index < -0.39 is 0 Å². The van der Waals surface area contributed by atoms with E-state index in [9.17, 15) is 0 Å². The number of ether oxygens (including phenoxy) is 6. The highest BCUT2D eigenvalue weighted by Gasteiger charge is 1.92. The van der Waals surface area contributed by atoms with Gasteiger partial charge in [-0.2, -0.15) is 0 Å². The van der Waals surface area contributed by atoms with E-state index in [0.717, 1.165) is 0 Å². The van der Waals surface area contributed by atoms with Crippen LogP contribution in [0.4, 0.5) is 0 Å². The summed E-state index contributed by atoms with van der Waals surface area (Å²) in [5, 5.41) is 8.34. The van der Waals surface area contributed by atoms with Gasteiger partial charge in [0, 0.05) is 7.11 Å². The highest BCUT2D eigenvalue weighted by atomic mass is 16.6. The molecule has 116 valence electrons. The second-order valence-electron chi connectivity index (χ2n) is 3.48. The molecule has 7 nitrogen and oxygen atoms in total. The van der Waals surface area contributed by atoms with Crippen molar-refractivity contribution in [2.45, 2.75) is 0 Å². The van der Waals surface area contributed by atoms with Crippen molar-refractivity contribution in [3.05, 3.63) is 0 Å². The van der Waals surface area contributed by atoms with E-state index in [-0.39, 0.29) is 6.79 Å². The fraction of sp³-hybridized carbons (Fsp3) is 1.00. The standard InChI is InChI=1S/C12H26O7/c1-14-2-3-15-4-5-16-6-7-17-8-9-18-10-11-19-12-13/h13H,2-12H2,1H3. The first-order valence-corrected chi connectivity index (χ1v) is 6.40. The highest BCUT2D eigenvalue weighted by Crippen LogP contribution is 1.83. The van der Waals surface area contributed by atoms with Gasteiger partial charge in [0.2, 0.25) is 0 Å². The number of methoxy groups -OCH3 is 1. The topological polar surface area (TPSA) is 75.6 Å². The van der Waals surface area contributed by atoms with Gasteiger partial charge in [0.25, 0.3) is 0 Å². The third-order valence-electron chi connectivity index (χ3n) is 2.01. The van der Waals surface area contributed by atoms with Crippen LogP contribution in [0.15, 0.2) is 0 Å². The maximum absolute atomic E-state index is 8.34. The van der Waals surface area contributed by atoms with Crippen molar-refractivity contribution in [1.82, 2.24) is 0 Å². The van der Waals surface area contributed by atoms with E-state index in [0.29, 0.717) is 66.1 Å². The van der Waals surface area contributed by atoms with E-state index in [1.807, 2.05) is 0 Å². The summed E-state index contributed by atoms with van der Waals surface area (Å²) in [6.45, 7) is 5.01. The molecule has 7 heteroatoms. The van der Waals surface area contributed by atoms with Gasteiger partial charge in [-0.15, -0.1) is 0 Å². The lowest BCUT2D eigenvalue weighted by Crippen LogP contribution is -2.13. The first kappa shape index (κ1) is 18.7. The zero-order valence-corrected chi connectivity index (χ0v) is 11.7. The van der Waals surface area contributed by atoms with Gasteiger partial charge in [-0.25, -0.2) is 0 Å². The lowest BCUT2D eigenvalue weighted by molar-refractivity contribution is -0.0411. The zero-order valence-electron chi connectivity index (χ0n) is 11.7. The maximum Gasteiger partial charge on any atom is 0.143 e. The van der Waals surface area contributed by atoms with Crippen LogP contribution in [0.2, 0.25) is 0 Å². The van der Waals surface area contributed by atoms with Gasteiger partial charge in [-0.1, -0.05) is 0 Å². The molecule has 1 N–H and O–H groups in total. The summed E-state index contributed by atoms with van der Waals surface area (Å²) in [6.07, 6.45) is 0. The first-order chi connectivity index (χ1) is 9.41. The molecule has 0 heterocycles. The minimum absolute atomic E-state index is 0.271. The third-order valence-corrected chi connectivity index (χ3v) is 2.01. The number of aliphatic hydroxyl groups is 1. The van der Waals surface area contributed by atoms with Crippen LogP contribution in [0.25, 0.3) is 0 Å². The molecule has 0 aromatic carbocycles. The molecule has 0 aliphatic heterocycles. The van der Waals surface area contributed by atoms with Crippen LogP contribution in [0.1, 0.15) is 0 Å². The Bertz CT molecular complexity index is 141. The molecule has 0 spiro atoms. The normalized spacial score (nSPS) is 11.1. The zero-order chi connectivity index (χ0) is 14.0. The smallest absolute Gasteiger partial charge is 0.143 e. The van der Waals surface area contributed by atoms with Gasteiger partial charge in [0.1, 0.15) is 6.79 Å². The fourth-order valence-electron chi connectivity index (χ4n) is 1.09. The average molecular weight is 282 g/mol. The molecule has 0 unspecified atom stereocenters. The number of hydrogen-bond donors (Lipinski definition) is 1. The molecule has 0 atom stereocenters. The van der Waals surface area contributed by atoms with Crippen LogP contribution in [-0.4, -0.2) is 85.1 Å². The molecule has 0 aromatic heterocycles. The Balaban J connectivity index is 2.88. The van der Waals surface area contributed by atoms with Crippen LogP contribution in [0.3, 0.4) is 0 Å². The van der Waals surface area contributed by atoms with Crippen molar-refractivity contribution in [2.75, 3.05) is 80.0 Å². The second-order valence-corrected chi connectivity index (χ2v) is 3.48. The minimum atomic E-state index is -0.271. The van der Waals surface area contributed by atoms with Gasteiger partial charge >= 0.3 is 0 Å². The van der Waals surface area contributed by atoms with Crippen LogP contribution in [0, 0.1) is 0 Å². The third kappa shape index (κ3) is 17.7. The van der Waals surface area contributed by atoms with Crippen LogP contribution in [0.5, 0.6) is 0 Å². The lowest BCUT2D eigenvalue weighted by Gasteiger charge is -2.07. The summed E-state index contributed by atoms with van der Waals surface area (Å²) >= 11 is 0. The molecule has 0 amide bonds. The van der Waals surface area contributed by atoms with Crippen LogP contribution >= 0.6 is 0 Å². The van der Waals surface area contributed by atoms with Crippen molar-refractivity contribution < 1.29 is 33.5 Å². The van der Waals surface area contributed by atoms with Crippen molar-refractivity contribution in [3.8, 4) is 0 Å². The summed E-state index contributed by atoms with van der Waals surface area (Å²) in [5.41, 5.74) is 0. The molecular formula is C12H26O7.